The van der Waals surface area contributed by atoms with Gasteiger partial charge in [0.2, 0.25) is 0 Å². The van der Waals surface area contributed by atoms with Crippen LogP contribution in [0.15, 0.2) is 0 Å². The van der Waals surface area contributed by atoms with Crippen molar-refractivity contribution in [2.24, 2.45) is 5.73 Å². The minimum atomic E-state index is 0. The highest BCUT2D eigenvalue weighted by Crippen LogP contribution is 2.50. The third kappa shape index (κ3) is 2.95. The van der Waals surface area contributed by atoms with Crippen molar-refractivity contribution >= 4 is 35.9 Å². The van der Waals surface area contributed by atoms with Crippen LogP contribution in [0.25, 0.3) is 0 Å². The molecule has 2 rings (SSSR count). The van der Waals surface area contributed by atoms with Gasteiger partial charge in [0.1, 0.15) is 0 Å². The fraction of sp³-hybridized carbons (Fsp3) is 1.00. The van der Waals surface area contributed by atoms with E-state index in [0.29, 0.717) is 10.1 Å². The molecule has 1 saturated heterocycles. The van der Waals surface area contributed by atoms with Crippen LogP contribution in [-0.4, -0.2) is 21.6 Å². The lowest BCUT2D eigenvalue weighted by molar-refractivity contribution is 0.487. The lowest BCUT2D eigenvalue weighted by atomic mass is 10.00. The van der Waals surface area contributed by atoms with Gasteiger partial charge in [-0.15, -0.1) is 35.9 Å². The van der Waals surface area contributed by atoms with Gasteiger partial charge in [-0.25, -0.2) is 0 Å². The van der Waals surface area contributed by atoms with Gasteiger partial charge in [0.25, 0.3) is 0 Å². The highest BCUT2D eigenvalue weighted by molar-refractivity contribution is 8.18. The summed E-state index contributed by atoms with van der Waals surface area (Å²) in [5.74, 6) is 2.38. The third-order valence-electron chi connectivity index (χ3n) is 2.74. The molecule has 1 saturated carbocycles. The second-order valence-electron chi connectivity index (χ2n) is 3.85. The second kappa shape index (κ2) is 5.15. The van der Waals surface area contributed by atoms with Crippen molar-refractivity contribution in [1.29, 1.82) is 0 Å². The van der Waals surface area contributed by atoms with Crippen LogP contribution in [0.3, 0.4) is 0 Å². The Morgan fingerprint density at radius 2 is 1.54 bits per heavy atom. The Bertz CT molecular complexity index is 150. The van der Waals surface area contributed by atoms with E-state index in [1.807, 2.05) is 0 Å². The molecule has 1 aliphatic heterocycles. The standard InChI is InChI=1S/C9H17NS2.ClH/c10-8-6-11-9(12-7-8)4-2-1-3-5-9;/h8H,1-7,10H2;1H. The quantitative estimate of drug-likeness (QED) is 0.704. The predicted molar refractivity (Wildman–Crippen MR) is 66.0 cm³/mol. The van der Waals surface area contributed by atoms with Crippen LogP contribution in [0, 0.1) is 0 Å². The minimum absolute atomic E-state index is 0. The fourth-order valence-corrected chi connectivity index (χ4v) is 5.30. The van der Waals surface area contributed by atoms with E-state index in [9.17, 15) is 0 Å². The lowest BCUT2D eigenvalue weighted by Crippen LogP contribution is -2.38. The maximum atomic E-state index is 5.88. The van der Waals surface area contributed by atoms with E-state index in [-0.39, 0.29) is 12.4 Å². The summed E-state index contributed by atoms with van der Waals surface area (Å²) in [6.45, 7) is 0. The van der Waals surface area contributed by atoms with E-state index >= 15 is 0 Å². The number of thioether (sulfide) groups is 2. The molecular weight excluding hydrogens is 222 g/mol. The van der Waals surface area contributed by atoms with E-state index in [0.717, 1.165) is 0 Å². The summed E-state index contributed by atoms with van der Waals surface area (Å²) >= 11 is 4.27. The number of rotatable bonds is 0. The zero-order valence-electron chi connectivity index (χ0n) is 7.83. The normalized spacial score (nSPS) is 28.4. The topological polar surface area (TPSA) is 26.0 Å². The SMILES string of the molecule is Cl.NC1CSC2(CCCCC2)SC1. The maximum Gasteiger partial charge on any atom is 0.0612 e. The van der Waals surface area contributed by atoms with Gasteiger partial charge < -0.3 is 5.73 Å². The number of hydrogen-bond donors (Lipinski definition) is 1. The monoisotopic (exact) mass is 239 g/mol. The molecule has 0 aromatic heterocycles. The zero-order valence-corrected chi connectivity index (χ0v) is 10.3. The van der Waals surface area contributed by atoms with E-state index < -0.39 is 0 Å². The zero-order chi connectivity index (χ0) is 8.44. The van der Waals surface area contributed by atoms with E-state index in [4.69, 9.17) is 5.73 Å². The summed E-state index contributed by atoms with van der Waals surface area (Å²) in [6, 6.07) is 0.451. The van der Waals surface area contributed by atoms with Crippen LogP contribution in [0.5, 0.6) is 0 Å². The molecule has 2 fully saturated rings. The van der Waals surface area contributed by atoms with Crippen molar-refractivity contribution in [3.8, 4) is 0 Å². The maximum absolute atomic E-state index is 5.88. The van der Waals surface area contributed by atoms with Crippen LogP contribution < -0.4 is 5.73 Å². The summed E-state index contributed by atoms with van der Waals surface area (Å²) < 4.78 is 0.591. The molecule has 13 heavy (non-hydrogen) atoms. The number of halogens is 1. The Morgan fingerprint density at radius 1 is 1.00 bits per heavy atom. The molecule has 1 heterocycles. The summed E-state index contributed by atoms with van der Waals surface area (Å²) in [4.78, 5) is 0. The molecule has 4 heteroatoms. The molecule has 2 aliphatic rings. The van der Waals surface area contributed by atoms with Gasteiger partial charge in [-0.3, -0.25) is 0 Å². The smallest absolute Gasteiger partial charge is 0.0612 e. The first-order valence-corrected chi connectivity index (χ1v) is 6.81. The average Bonchev–Trinajstić information content (AvgIpc) is 2.13. The lowest BCUT2D eigenvalue weighted by Gasteiger charge is -2.40. The van der Waals surface area contributed by atoms with Gasteiger partial charge >= 0.3 is 0 Å². The van der Waals surface area contributed by atoms with Crippen LogP contribution in [-0.2, 0) is 0 Å². The molecule has 0 atom stereocenters. The van der Waals surface area contributed by atoms with Crippen LogP contribution in [0.4, 0.5) is 0 Å². The molecule has 0 radical (unpaired) electrons. The molecule has 1 spiro atoms. The highest BCUT2D eigenvalue weighted by Gasteiger charge is 2.36. The van der Waals surface area contributed by atoms with Crippen molar-refractivity contribution in [1.82, 2.24) is 0 Å². The molecule has 0 unspecified atom stereocenters. The van der Waals surface area contributed by atoms with Gasteiger partial charge in [-0.2, -0.15) is 0 Å². The van der Waals surface area contributed by atoms with Crippen LogP contribution in [0.1, 0.15) is 32.1 Å². The van der Waals surface area contributed by atoms with Crippen molar-refractivity contribution < 1.29 is 0 Å². The predicted octanol–water partition coefficient (Wildman–Crippen LogP) is 2.88. The van der Waals surface area contributed by atoms with Gasteiger partial charge in [0.05, 0.1) is 4.08 Å². The molecule has 1 aliphatic carbocycles. The fourth-order valence-electron chi connectivity index (χ4n) is 1.99. The van der Waals surface area contributed by atoms with Gasteiger partial charge in [0.15, 0.2) is 0 Å². The van der Waals surface area contributed by atoms with E-state index in [1.165, 1.54) is 43.6 Å². The first kappa shape index (κ1) is 12.0. The first-order chi connectivity index (χ1) is 5.81. The molecule has 78 valence electrons. The number of nitrogens with two attached hydrogens (primary N) is 1. The Morgan fingerprint density at radius 3 is 2.08 bits per heavy atom. The van der Waals surface area contributed by atoms with Gasteiger partial charge in [0, 0.05) is 17.5 Å². The molecule has 2 N–H and O–H groups in total. The van der Waals surface area contributed by atoms with Gasteiger partial charge in [-0.05, 0) is 12.8 Å². The summed E-state index contributed by atoms with van der Waals surface area (Å²) in [5.41, 5.74) is 5.88. The summed E-state index contributed by atoms with van der Waals surface area (Å²) in [5, 5.41) is 0. The van der Waals surface area contributed by atoms with Crippen molar-refractivity contribution in [2.75, 3.05) is 11.5 Å². The first-order valence-electron chi connectivity index (χ1n) is 4.84. The summed E-state index contributed by atoms with van der Waals surface area (Å²) in [6.07, 6.45) is 7.18. The van der Waals surface area contributed by atoms with E-state index in [1.54, 1.807) is 0 Å². The van der Waals surface area contributed by atoms with Crippen LogP contribution >= 0.6 is 35.9 Å². The largest absolute Gasteiger partial charge is 0.326 e. The minimum Gasteiger partial charge on any atom is -0.326 e. The molecule has 0 aromatic rings. The number of hydrogen-bond acceptors (Lipinski definition) is 3. The highest BCUT2D eigenvalue weighted by atomic mass is 35.5. The Balaban J connectivity index is 0.000000845. The Labute approximate surface area is 95.4 Å². The van der Waals surface area contributed by atoms with Crippen molar-refractivity contribution in [3.63, 3.8) is 0 Å². The molecule has 0 amide bonds. The summed E-state index contributed by atoms with van der Waals surface area (Å²) in [7, 11) is 0. The Kier molecular flexibility index (Phi) is 4.76. The second-order valence-corrected chi connectivity index (χ2v) is 6.92. The Hall–Kier alpha value is 0.950. The van der Waals surface area contributed by atoms with Gasteiger partial charge in [-0.1, -0.05) is 19.3 Å². The van der Waals surface area contributed by atoms with E-state index in [2.05, 4.69) is 23.5 Å². The van der Waals surface area contributed by atoms with Crippen LogP contribution in [0.2, 0.25) is 0 Å². The molecule has 0 aromatic carbocycles. The van der Waals surface area contributed by atoms with Crippen molar-refractivity contribution in [3.05, 3.63) is 0 Å². The molecule has 0 bridgehead atoms. The third-order valence-corrected chi connectivity index (χ3v) is 6.50. The molecular formula is C9H18ClNS2. The average molecular weight is 240 g/mol. The van der Waals surface area contributed by atoms with Crippen molar-refractivity contribution in [2.45, 2.75) is 42.2 Å². The molecule has 1 nitrogen and oxygen atoms in total.